The van der Waals surface area contributed by atoms with Gasteiger partial charge in [-0.3, -0.25) is 19.6 Å². The van der Waals surface area contributed by atoms with Gasteiger partial charge in [-0.2, -0.15) is 10.2 Å². The molecule has 5 aromatic rings. The van der Waals surface area contributed by atoms with Gasteiger partial charge in [-0.15, -0.1) is 0 Å². The van der Waals surface area contributed by atoms with E-state index in [1.54, 1.807) is 29.2 Å². The van der Waals surface area contributed by atoms with Gasteiger partial charge in [-0.05, 0) is 32.0 Å². The smallest absolute Gasteiger partial charge is 0.274 e. The number of aromatic nitrogens is 6. The van der Waals surface area contributed by atoms with Crippen LogP contribution in [0.4, 0.5) is 10.1 Å². The summed E-state index contributed by atoms with van der Waals surface area (Å²) in [5, 5.41) is 15.8. The van der Waals surface area contributed by atoms with Gasteiger partial charge >= 0.3 is 0 Å². The van der Waals surface area contributed by atoms with Crippen molar-refractivity contribution in [3.05, 3.63) is 66.7 Å². The minimum absolute atomic E-state index is 0.111. The van der Waals surface area contributed by atoms with Crippen molar-refractivity contribution in [2.24, 2.45) is 0 Å². The molecule has 0 saturated carbocycles. The van der Waals surface area contributed by atoms with Crippen LogP contribution in [-0.2, 0) is 6.54 Å². The molecule has 4 aromatic heterocycles. The van der Waals surface area contributed by atoms with Gasteiger partial charge in [0.15, 0.2) is 0 Å². The Kier molecular flexibility index (Phi) is 4.66. The maximum Gasteiger partial charge on any atom is 0.274 e. The zero-order valence-electron chi connectivity index (χ0n) is 17.5. The predicted molar refractivity (Wildman–Crippen MR) is 120 cm³/mol. The maximum atomic E-state index is 14.2. The number of hydrogen-bond donors (Lipinski definition) is 2. The van der Waals surface area contributed by atoms with Crippen LogP contribution < -0.4 is 5.32 Å². The molecule has 4 heterocycles. The molecule has 5 rings (SSSR count). The first-order chi connectivity index (χ1) is 15.4. The monoisotopic (exact) mass is 429 g/mol. The number of carbonyl (C=O) groups excluding carboxylic acids is 1. The summed E-state index contributed by atoms with van der Waals surface area (Å²) in [6.07, 6.45) is 4.83. The van der Waals surface area contributed by atoms with Crippen LogP contribution in [-0.4, -0.2) is 41.5 Å². The third-order valence-electron chi connectivity index (χ3n) is 5.03. The van der Waals surface area contributed by atoms with Crippen molar-refractivity contribution in [1.82, 2.24) is 29.9 Å². The van der Waals surface area contributed by atoms with E-state index >= 15 is 0 Å². The first-order valence-electron chi connectivity index (χ1n) is 10.1. The van der Waals surface area contributed by atoms with Crippen molar-refractivity contribution in [2.75, 3.05) is 5.32 Å². The van der Waals surface area contributed by atoms with Crippen molar-refractivity contribution in [1.29, 1.82) is 0 Å². The van der Waals surface area contributed by atoms with Gasteiger partial charge < -0.3 is 5.32 Å². The molecule has 2 N–H and O–H groups in total. The van der Waals surface area contributed by atoms with E-state index in [-0.39, 0.29) is 12.5 Å². The average Bonchev–Trinajstić information content (AvgIpc) is 3.39. The standard InChI is InChI=1S/C23H20FN7O/c1-23(2,24)13-31-20-9-18(25-10-15(20)11-27-31)21-19(12-26-30-21)29-22(32)17-8-7-14-5-3-4-6-16(14)28-17/h3-12H,13H2,1-2H3,(H,26,30)(H,29,32). The van der Waals surface area contributed by atoms with Crippen molar-refractivity contribution in [3.63, 3.8) is 0 Å². The number of anilines is 1. The molecule has 0 aliphatic carbocycles. The zero-order valence-corrected chi connectivity index (χ0v) is 17.5. The number of alkyl halides is 1. The minimum Gasteiger partial charge on any atom is -0.317 e. The number of nitrogens with zero attached hydrogens (tertiary/aromatic N) is 5. The molecule has 0 aliphatic heterocycles. The van der Waals surface area contributed by atoms with E-state index in [0.29, 0.717) is 22.8 Å². The number of rotatable bonds is 5. The maximum absolute atomic E-state index is 14.2. The molecule has 0 radical (unpaired) electrons. The van der Waals surface area contributed by atoms with Crippen LogP contribution in [0.2, 0.25) is 0 Å². The number of halogens is 1. The van der Waals surface area contributed by atoms with Crippen LogP contribution in [0.25, 0.3) is 33.2 Å². The fourth-order valence-electron chi connectivity index (χ4n) is 3.55. The molecule has 32 heavy (non-hydrogen) atoms. The second-order valence-electron chi connectivity index (χ2n) is 8.15. The lowest BCUT2D eigenvalue weighted by Crippen LogP contribution is -2.21. The summed E-state index contributed by atoms with van der Waals surface area (Å²) in [6.45, 7) is 3.12. The predicted octanol–water partition coefficient (Wildman–Crippen LogP) is 4.37. The van der Waals surface area contributed by atoms with Gasteiger partial charge in [0.25, 0.3) is 5.91 Å². The summed E-state index contributed by atoms with van der Waals surface area (Å²) in [5.74, 6) is -0.358. The van der Waals surface area contributed by atoms with E-state index < -0.39 is 5.67 Å². The van der Waals surface area contributed by atoms with Crippen molar-refractivity contribution < 1.29 is 9.18 Å². The largest absolute Gasteiger partial charge is 0.317 e. The van der Waals surface area contributed by atoms with E-state index in [0.717, 1.165) is 21.8 Å². The molecule has 0 aliphatic rings. The molecule has 0 saturated heterocycles. The Hall–Kier alpha value is -4.14. The number of hydrogen-bond acceptors (Lipinski definition) is 5. The molecule has 1 amide bonds. The van der Waals surface area contributed by atoms with E-state index in [4.69, 9.17) is 0 Å². The number of amides is 1. The molecule has 0 atom stereocenters. The molecule has 8 nitrogen and oxygen atoms in total. The van der Waals surface area contributed by atoms with Gasteiger partial charge in [-0.1, -0.05) is 24.3 Å². The highest BCUT2D eigenvalue weighted by molar-refractivity contribution is 6.05. The fourth-order valence-corrected chi connectivity index (χ4v) is 3.55. The van der Waals surface area contributed by atoms with E-state index in [1.165, 1.54) is 20.0 Å². The minimum atomic E-state index is -1.41. The Balaban J connectivity index is 1.45. The topological polar surface area (TPSA) is 101 Å². The van der Waals surface area contributed by atoms with Crippen LogP contribution >= 0.6 is 0 Å². The van der Waals surface area contributed by atoms with Gasteiger partial charge in [0, 0.05) is 17.0 Å². The van der Waals surface area contributed by atoms with E-state index in [1.807, 2.05) is 30.3 Å². The number of aromatic amines is 1. The Labute approximate surface area is 182 Å². The van der Waals surface area contributed by atoms with E-state index in [2.05, 4.69) is 30.6 Å². The molecular formula is C23H20FN7O. The molecule has 0 bridgehead atoms. The van der Waals surface area contributed by atoms with Crippen LogP contribution in [0.3, 0.4) is 0 Å². The highest BCUT2D eigenvalue weighted by Crippen LogP contribution is 2.27. The van der Waals surface area contributed by atoms with Crippen molar-refractivity contribution in [3.8, 4) is 11.4 Å². The van der Waals surface area contributed by atoms with Gasteiger partial charge in [0.1, 0.15) is 17.1 Å². The Morgan fingerprint density at radius 1 is 1.12 bits per heavy atom. The zero-order chi connectivity index (χ0) is 22.3. The fraction of sp³-hybridized carbons (Fsp3) is 0.174. The Morgan fingerprint density at radius 2 is 1.97 bits per heavy atom. The normalized spacial score (nSPS) is 11.8. The molecule has 0 spiro atoms. The highest BCUT2D eigenvalue weighted by Gasteiger charge is 2.20. The highest BCUT2D eigenvalue weighted by atomic mass is 19.1. The summed E-state index contributed by atoms with van der Waals surface area (Å²) in [7, 11) is 0. The molecule has 160 valence electrons. The number of benzene rings is 1. The molecule has 1 aromatic carbocycles. The first-order valence-corrected chi connectivity index (χ1v) is 10.1. The lowest BCUT2D eigenvalue weighted by Gasteiger charge is -2.14. The third kappa shape index (κ3) is 3.80. The van der Waals surface area contributed by atoms with Crippen LogP contribution in [0, 0.1) is 0 Å². The van der Waals surface area contributed by atoms with Crippen LogP contribution in [0.15, 0.2) is 61.1 Å². The average molecular weight is 429 g/mol. The van der Waals surface area contributed by atoms with E-state index in [9.17, 15) is 9.18 Å². The quantitative estimate of drug-likeness (QED) is 0.432. The first kappa shape index (κ1) is 19.8. The Morgan fingerprint density at radius 3 is 2.81 bits per heavy atom. The molecule has 0 fully saturated rings. The van der Waals surface area contributed by atoms with Gasteiger partial charge in [0.2, 0.25) is 0 Å². The number of para-hydroxylation sites is 1. The third-order valence-corrected chi connectivity index (χ3v) is 5.03. The van der Waals surface area contributed by atoms with Crippen molar-refractivity contribution >= 4 is 33.4 Å². The summed E-state index contributed by atoms with van der Waals surface area (Å²) in [4.78, 5) is 21.7. The summed E-state index contributed by atoms with van der Waals surface area (Å²) >= 11 is 0. The number of nitrogens with one attached hydrogen (secondary N) is 2. The Bertz CT molecular complexity index is 1450. The molecule has 9 heteroatoms. The second kappa shape index (κ2) is 7.52. The van der Waals surface area contributed by atoms with Crippen LogP contribution in [0.1, 0.15) is 24.3 Å². The van der Waals surface area contributed by atoms with Crippen molar-refractivity contribution in [2.45, 2.75) is 26.1 Å². The number of pyridine rings is 2. The van der Waals surface area contributed by atoms with Gasteiger partial charge in [-0.25, -0.2) is 9.37 Å². The van der Waals surface area contributed by atoms with Crippen LogP contribution in [0.5, 0.6) is 0 Å². The number of H-pyrrole nitrogens is 1. The number of fused-ring (bicyclic) bond motifs is 2. The SMILES string of the molecule is CC(C)(F)Cn1ncc2cnc(-c3[nH]ncc3NC(=O)c3ccc4ccccc4n3)cc21. The summed E-state index contributed by atoms with van der Waals surface area (Å²) < 4.78 is 15.8. The lowest BCUT2D eigenvalue weighted by atomic mass is 10.1. The van der Waals surface area contributed by atoms with Gasteiger partial charge in [0.05, 0.1) is 41.4 Å². The molecule has 0 unspecified atom stereocenters. The summed E-state index contributed by atoms with van der Waals surface area (Å²) in [6, 6.07) is 12.9. The number of carbonyl (C=O) groups is 1. The lowest BCUT2D eigenvalue weighted by molar-refractivity contribution is 0.102. The molecular weight excluding hydrogens is 409 g/mol. The second-order valence-corrected chi connectivity index (χ2v) is 8.15. The summed E-state index contributed by atoms with van der Waals surface area (Å²) in [5.41, 5.74) is 1.91.